The molecule has 0 aromatic heterocycles. The molecule has 0 saturated carbocycles. The van der Waals surface area contributed by atoms with Crippen molar-refractivity contribution in [1.82, 2.24) is 0 Å². The minimum Gasteiger partial charge on any atom is -0.323 e. The van der Waals surface area contributed by atoms with Crippen molar-refractivity contribution in [2.75, 3.05) is 0 Å². The molecule has 0 spiro atoms. The summed E-state index contributed by atoms with van der Waals surface area (Å²) in [5, 5.41) is 3.91. The zero-order valence-electron chi connectivity index (χ0n) is 8.34. The minimum absolute atomic E-state index is 0.0673. The fraction of sp³-hybridized carbons (Fsp3) is 0.364. The van der Waals surface area contributed by atoms with Crippen LogP contribution in [0.15, 0.2) is 27.8 Å². The highest BCUT2D eigenvalue weighted by atomic mass is 79.9. The van der Waals surface area contributed by atoms with E-state index in [0.29, 0.717) is 0 Å². The van der Waals surface area contributed by atoms with E-state index in [1.165, 1.54) is 11.1 Å². The van der Waals surface area contributed by atoms with E-state index in [1.54, 1.807) is 0 Å². The van der Waals surface area contributed by atoms with Crippen LogP contribution < -0.4 is 5.84 Å². The average molecular weight is 253 g/mol. The van der Waals surface area contributed by atoms with E-state index in [9.17, 15) is 0 Å². The molecule has 0 radical (unpaired) electrons. The Morgan fingerprint density at radius 1 is 1.43 bits per heavy atom. The summed E-state index contributed by atoms with van der Waals surface area (Å²) in [6.45, 7) is 4.35. The molecule has 0 fully saturated rings. The average Bonchev–Trinajstić information content (AvgIpc) is 2.33. The Labute approximate surface area is 92.3 Å². The molecule has 0 bridgehead atoms. The van der Waals surface area contributed by atoms with Crippen LogP contribution in [-0.4, -0.2) is 5.71 Å². The molecule has 2 nitrogen and oxygen atoms in total. The first-order chi connectivity index (χ1) is 6.54. The first kappa shape index (κ1) is 9.71. The topological polar surface area (TPSA) is 38.4 Å². The second-order valence-corrected chi connectivity index (χ2v) is 5.26. The standard InChI is InChI=1S/C11H13BrN2/c1-11(2)6-7-5-8(12)3-4-9(7)10(11)14-13/h3-5H,6,13H2,1-2H3/b14-10-. The highest BCUT2D eigenvalue weighted by Crippen LogP contribution is 2.37. The molecule has 0 atom stereocenters. The fourth-order valence-corrected chi connectivity index (χ4v) is 2.52. The summed E-state index contributed by atoms with van der Waals surface area (Å²) in [4.78, 5) is 0. The van der Waals surface area contributed by atoms with Gasteiger partial charge in [0.25, 0.3) is 0 Å². The number of hydrazone groups is 1. The maximum absolute atomic E-state index is 5.44. The number of fused-ring (bicyclic) bond motifs is 1. The largest absolute Gasteiger partial charge is 0.323 e. The second-order valence-electron chi connectivity index (χ2n) is 4.34. The molecule has 74 valence electrons. The molecule has 1 aliphatic rings. The van der Waals surface area contributed by atoms with Gasteiger partial charge in [0.1, 0.15) is 0 Å². The first-order valence-electron chi connectivity index (χ1n) is 4.62. The molecule has 2 rings (SSSR count). The summed E-state index contributed by atoms with van der Waals surface area (Å²) in [6, 6.07) is 6.26. The van der Waals surface area contributed by atoms with Crippen LogP contribution in [0.1, 0.15) is 25.0 Å². The summed E-state index contributed by atoms with van der Waals surface area (Å²) in [5.41, 5.74) is 3.60. The van der Waals surface area contributed by atoms with E-state index in [0.717, 1.165) is 16.6 Å². The van der Waals surface area contributed by atoms with Crippen LogP contribution in [0.25, 0.3) is 0 Å². The van der Waals surface area contributed by atoms with Crippen LogP contribution in [0, 0.1) is 5.41 Å². The molecule has 0 unspecified atom stereocenters. The van der Waals surface area contributed by atoms with Gasteiger partial charge in [0, 0.05) is 15.5 Å². The van der Waals surface area contributed by atoms with Gasteiger partial charge in [0.2, 0.25) is 0 Å². The predicted octanol–water partition coefficient (Wildman–Crippen LogP) is 2.69. The Bertz CT molecular complexity index is 408. The van der Waals surface area contributed by atoms with Gasteiger partial charge in [0.05, 0.1) is 5.71 Å². The zero-order valence-corrected chi connectivity index (χ0v) is 9.93. The number of nitrogens with zero attached hydrogens (tertiary/aromatic N) is 1. The molecule has 0 heterocycles. The van der Waals surface area contributed by atoms with E-state index in [4.69, 9.17) is 5.84 Å². The van der Waals surface area contributed by atoms with Crippen molar-refractivity contribution in [3.63, 3.8) is 0 Å². The third-order valence-electron chi connectivity index (χ3n) is 2.72. The molecule has 0 aliphatic heterocycles. The zero-order chi connectivity index (χ0) is 10.3. The van der Waals surface area contributed by atoms with Gasteiger partial charge in [-0.15, -0.1) is 0 Å². The van der Waals surface area contributed by atoms with Crippen LogP contribution in [0.3, 0.4) is 0 Å². The first-order valence-corrected chi connectivity index (χ1v) is 5.41. The second kappa shape index (κ2) is 3.09. The third kappa shape index (κ3) is 1.36. The van der Waals surface area contributed by atoms with Gasteiger partial charge < -0.3 is 5.84 Å². The Hall–Kier alpha value is -0.830. The molecule has 1 aliphatic carbocycles. The van der Waals surface area contributed by atoms with E-state index in [1.807, 2.05) is 6.07 Å². The number of halogens is 1. The Morgan fingerprint density at radius 3 is 2.79 bits per heavy atom. The quantitative estimate of drug-likeness (QED) is 0.560. The molecular formula is C11H13BrN2. The van der Waals surface area contributed by atoms with E-state index in [-0.39, 0.29) is 5.41 Å². The van der Waals surface area contributed by atoms with Gasteiger partial charge in [0.15, 0.2) is 0 Å². The summed E-state index contributed by atoms with van der Waals surface area (Å²) in [5.74, 6) is 5.44. The van der Waals surface area contributed by atoms with Gasteiger partial charge in [-0.05, 0) is 24.1 Å². The normalized spacial score (nSPS) is 21.2. The predicted molar refractivity (Wildman–Crippen MR) is 62.4 cm³/mol. The van der Waals surface area contributed by atoms with Crippen molar-refractivity contribution in [3.05, 3.63) is 33.8 Å². The summed E-state index contributed by atoms with van der Waals surface area (Å²) in [7, 11) is 0. The lowest BCUT2D eigenvalue weighted by atomic mass is 9.88. The molecule has 0 saturated heterocycles. The van der Waals surface area contributed by atoms with Crippen LogP contribution in [-0.2, 0) is 6.42 Å². The summed E-state index contributed by atoms with van der Waals surface area (Å²) >= 11 is 3.47. The van der Waals surface area contributed by atoms with Gasteiger partial charge in [-0.2, -0.15) is 5.10 Å². The van der Waals surface area contributed by atoms with Crippen LogP contribution in [0.4, 0.5) is 0 Å². The summed E-state index contributed by atoms with van der Waals surface area (Å²) in [6.07, 6.45) is 1.01. The maximum atomic E-state index is 5.44. The van der Waals surface area contributed by atoms with Crippen molar-refractivity contribution in [3.8, 4) is 0 Å². The van der Waals surface area contributed by atoms with Crippen molar-refractivity contribution in [2.45, 2.75) is 20.3 Å². The lowest BCUT2D eigenvalue weighted by Crippen LogP contribution is -2.21. The van der Waals surface area contributed by atoms with Gasteiger partial charge >= 0.3 is 0 Å². The number of rotatable bonds is 0. The Morgan fingerprint density at radius 2 is 2.14 bits per heavy atom. The van der Waals surface area contributed by atoms with Crippen molar-refractivity contribution in [1.29, 1.82) is 0 Å². The Kier molecular flexibility index (Phi) is 2.14. The van der Waals surface area contributed by atoms with E-state index in [2.05, 4.69) is 47.0 Å². The number of benzene rings is 1. The third-order valence-corrected chi connectivity index (χ3v) is 3.22. The van der Waals surface area contributed by atoms with Crippen molar-refractivity contribution >= 4 is 21.6 Å². The maximum Gasteiger partial charge on any atom is 0.0734 e. The lowest BCUT2D eigenvalue weighted by molar-refractivity contribution is 0.539. The molecule has 1 aromatic carbocycles. The monoisotopic (exact) mass is 252 g/mol. The Balaban J connectivity index is 2.60. The van der Waals surface area contributed by atoms with Gasteiger partial charge in [-0.1, -0.05) is 35.8 Å². The smallest absolute Gasteiger partial charge is 0.0734 e. The fourth-order valence-electron chi connectivity index (χ4n) is 2.11. The van der Waals surface area contributed by atoms with Crippen LogP contribution in [0.2, 0.25) is 0 Å². The molecule has 0 amide bonds. The lowest BCUT2D eigenvalue weighted by Gasteiger charge is -2.16. The van der Waals surface area contributed by atoms with Crippen molar-refractivity contribution in [2.24, 2.45) is 16.4 Å². The van der Waals surface area contributed by atoms with Gasteiger partial charge in [-0.3, -0.25) is 0 Å². The number of hydrogen-bond acceptors (Lipinski definition) is 2. The van der Waals surface area contributed by atoms with Gasteiger partial charge in [-0.25, -0.2) is 0 Å². The SMILES string of the molecule is CC1(C)Cc2cc(Br)ccc2/C1=N/N. The van der Waals surface area contributed by atoms with Crippen LogP contribution >= 0.6 is 15.9 Å². The highest BCUT2D eigenvalue weighted by Gasteiger charge is 2.35. The number of nitrogens with two attached hydrogens (primary N) is 1. The minimum atomic E-state index is 0.0673. The van der Waals surface area contributed by atoms with E-state index >= 15 is 0 Å². The van der Waals surface area contributed by atoms with Crippen LogP contribution in [0.5, 0.6) is 0 Å². The molecule has 2 N–H and O–H groups in total. The van der Waals surface area contributed by atoms with E-state index < -0.39 is 0 Å². The molecule has 14 heavy (non-hydrogen) atoms. The van der Waals surface area contributed by atoms with Crippen molar-refractivity contribution < 1.29 is 0 Å². The number of hydrogen-bond donors (Lipinski definition) is 1. The summed E-state index contributed by atoms with van der Waals surface area (Å²) < 4.78 is 1.12. The molecule has 3 heteroatoms. The molecular weight excluding hydrogens is 240 g/mol. The molecule has 1 aromatic rings. The highest BCUT2D eigenvalue weighted by molar-refractivity contribution is 9.10.